The molecule has 2 aromatic rings. The van der Waals surface area contributed by atoms with Gasteiger partial charge in [0.2, 0.25) is 0 Å². The van der Waals surface area contributed by atoms with Gasteiger partial charge in [-0.3, -0.25) is 4.79 Å². The quantitative estimate of drug-likeness (QED) is 0.846. The maximum atomic E-state index is 12.3. The average Bonchev–Trinajstić information content (AvgIpc) is 2.44. The fraction of sp³-hybridized carbons (Fsp3) is 0.235. The van der Waals surface area contributed by atoms with Crippen molar-refractivity contribution in [3.05, 3.63) is 70.8 Å². The third-order valence-corrected chi connectivity index (χ3v) is 3.45. The van der Waals surface area contributed by atoms with E-state index >= 15 is 0 Å². The number of aryl methyl sites for hydroxylation is 2. The highest BCUT2D eigenvalue weighted by molar-refractivity contribution is 6.18. The number of halogens is 1. The Balaban J connectivity index is 2.17. The molecule has 0 heterocycles. The summed E-state index contributed by atoms with van der Waals surface area (Å²) in [6, 6.07) is 15.4. The third-order valence-electron chi connectivity index (χ3n) is 3.15. The number of amides is 1. The van der Waals surface area contributed by atoms with Gasteiger partial charge in [-0.15, -0.1) is 11.6 Å². The van der Waals surface area contributed by atoms with Crippen LogP contribution in [0.25, 0.3) is 0 Å². The summed E-state index contributed by atoms with van der Waals surface area (Å²) in [5.74, 6) is 0.256. The number of alkyl halides is 1. The van der Waals surface area contributed by atoms with E-state index in [0.29, 0.717) is 11.4 Å². The molecule has 0 aliphatic heterocycles. The summed E-state index contributed by atoms with van der Waals surface area (Å²) in [5, 5.41) is 2.98. The van der Waals surface area contributed by atoms with Crippen molar-refractivity contribution in [2.24, 2.45) is 0 Å². The van der Waals surface area contributed by atoms with Crippen LogP contribution in [0.5, 0.6) is 0 Å². The average molecular weight is 288 g/mol. The van der Waals surface area contributed by atoms with E-state index in [0.717, 1.165) is 16.7 Å². The van der Waals surface area contributed by atoms with E-state index in [4.69, 9.17) is 11.6 Å². The highest BCUT2D eigenvalue weighted by atomic mass is 35.5. The number of carbonyl (C=O) groups is 1. The number of benzene rings is 2. The molecule has 1 unspecified atom stereocenters. The highest BCUT2D eigenvalue weighted by Crippen LogP contribution is 2.16. The van der Waals surface area contributed by atoms with Gasteiger partial charge >= 0.3 is 0 Å². The van der Waals surface area contributed by atoms with Gasteiger partial charge in [0.05, 0.1) is 6.04 Å². The summed E-state index contributed by atoms with van der Waals surface area (Å²) >= 11 is 5.98. The standard InChI is InChI=1S/C17H18ClNO/c1-12-8-13(2)10-15(9-12)17(20)19-16(11-18)14-6-4-3-5-7-14/h3-10,16H,11H2,1-2H3,(H,19,20). The Hall–Kier alpha value is -1.80. The fourth-order valence-electron chi connectivity index (χ4n) is 2.24. The maximum absolute atomic E-state index is 12.3. The zero-order valence-electron chi connectivity index (χ0n) is 11.7. The second kappa shape index (κ2) is 6.58. The lowest BCUT2D eigenvalue weighted by molar-refractivity contribution is 0.0940. The minimum atomic E-state index is -0.175. The molecule has 1 amide bonds. The van der Waals surface area contributed by atoms with E-state index in [9.17, 15) is 4.79 Å². The van der Waals surface area contributed by atoms with Gasteiger partial charge in [-0.2, -0.15) is 0 Å². The van der Waals surface area contributed by atoms with E-state index in [2.05, 4.69) is 5.32 Å². The summed E-state index contributed by atoms with van der Waals surface area (Å²) in [7, 11) is 0. The lowest BCUT2D eigenvalue weighted by Gasteiger charge is -2.17. The van der Waals surface area contributed by atoms with Crippen LogP contribution < -0.4 is 5.32 Å². The maximum Gasteiger partial charge on any atom is 0.251 e. The first kappa shape index (κ1) is 14.6. The topological polar surface area (TPSA) is 29.1 Å². The van der Waals surface area contributed by atoms with Gasteiger partial charge in [0.25, 0.3) is 5.91 Å². The van der Waals surface area contributed by atoms with E-state index < -0.39 is 0 Å². The predicted octanol–water partition coefficient (Wildman–Crippen LogP) is 4.01. The number of rotatable bonds is 4. The Morgan fingerprint density at radius 3 is 2.25 bits per heavy atom. The predicted molar refractivity (Wildman–Crippen MR) is 83.3 cm³/mol. The Kier molecular flexibility index (Phi) is 4.80. The number of hydrogen-bond donors (Lipinski definition) is 1. The van der Waals surface area contributed by atoms with Crippen LogP contribution in [0, 0.1) is 13.8 Å². The van der Waals surface area contributed by atoms with Gasteiger partial charge in [0, 0.05) is 11.4 Å². The molecule has 0 saturated carbocycles. The molecule has 2 nitrogen and oxygen atoms in total. The molecule has 2 rings (SSSR count). The first-order chi connectivity index (χ1) is 9.60. The second-order valence-corrected chi connectivity index (χ2v) is 5.28. The molecule has 1 atom stereocenters. The number of hydrogen-bond acceptors (Lipinski definition) is 1. The van der Waals surface area contributed by atoms with Gasteiger partial charge in [-0.1, -0.05) is 47.5 Å². The second-order valence-electron chi connectivity index (χ2n) is 4.97. The summed E-state index contributed by atoms with van der Waals surface area (Å²) < 4.78 is 0. The normalized spacial score (nSPS) is 11.9. The van der Waals surface area contributed by atoms with Crippen LogP contribution in [0.4, 0.5) is 0 Å². The summed E-state index contributed by atoms with van der Waals surface area (Å²) in [6.45, 7) is 3.97. The lowest BCUT2D eigenvalue weighted by atomic mass is 10.1. The van der Waals surface area contributed by atoms with Crippen molar-refractivity contribution < 1.29 is 4.79 Å². The molecule has 0 aromatic heterocycles. The van der Waals surface area contributed by atoms with Gasteiger partial charge in [-0.05, 0) is 31.5 Å². The summed E-state index contributed by atoms with van der Waals surface area (Å²) in [5.41, 5.74) is 3.85. The Labute approximate surface area is 124 Å². The molecule has 0 aliphatic carbocycles. The number of nitrogens with one attached hydrogen (secondary N) is 1. The van der Waals surface area contributed by atoms with Crippen LogP contribution in [0.1, 0.15) is 33.1 Å². The Morgan fingerprint density at radius 2 is 1.70 bits per heavy atom. The molecular weight excluding hydrogens is 270 g/mol. The molecule has 0 spiro atoms. The zero-order chi connectivity index (χ0) is 14.5. The number of carbonyl (C=O) groups excluding carboxylic acids is 1. The van der Waals surface area contributed by atoms with Gasteiger partial charge in [0.15, 0.2) is 0 Å². The van der Waals surface area contributed by atoms with Gasteiger partial charge in [0.1, 0.15) is 0 Å². The molecule has 0 radical (unpaired) electrons. The molecule has 1 N–H and O–H groups in total. The molecule has 104 valence electrons. The summed E-state index contributed by atoms with van der Waals surface area (Å²) in [4.78, 5) is 12.3. The SMILES string of the molecule is Cc1cc(C)cc(C(=O)NC(CCl)c2ccccc2)c1. The zero-order valence-corrected chi connectivity index (χ0v) is 12.4. The molecular formula is C17H18ClNO. The van der Waals surface area contributed by atoms with Crippen molar-refractivity contribution in [3.63, 3.8) is 0 Å². The van der Waals surface area contributed by atoms with Crippen LogP contribution in [-0.2, 0) is 0 Å². The van der Waals surface area contributed by atoms with E-state index in [1.165, 1.54) is 0 Å². The smallest absolute Gasteiger partial charge is 0.251 e. The van der Waals surface area contributed by atoms with Gasteiger partial charge in [-0.25, -0.2) is 0 Å². The first-order valence-corrected chi connectivity index (χ1v) is 7.13. The Morgan fingerprint density at radius 1 is 1.10 bits per heavy atom. The van der Waals surface area contributed by atoms with Crippen LogP contribution in [0.2, 0.25) is 0 Å². The van der Waals surface area contributed by atoms with Crippen molar-refractivity contribution in [1.82, 2.24) is 5.32 Å². The van der Waals surface area contributed by atoms with Crippen molar-refractivity contribution in [2.45, 2.75) is 19.9 Å². The minimum Gasteiger partial charge on any atom is -0.344 e. The van der Waals surface area contributed by atoms with Crippen molar-refractivity contribution in [2.75, 3.05) is 5.88 Å². The van der Waals surface area contributed by atoms with E-state index in [1.807, 2.05) is 62.4 Å². The van der Waals surface area contributed by atoms with Crippen molar-refractivity contribution in [3.8, 4) is 0 Å². The molecule has 3 heteroatoms. The Bertz CT molecular complexity index is 575. The van der Waals surface area contributed by atoms with Crippen LogP contribution >= 0.6 is 11.6 Å². The van der Waals surface area contributed by atoms with Crippen molar-refractivity contribution in [1.29, 1.82) is 0 Å². The van der Waals surface area contributed by atoms with E-state index in [-0.39, 0.29) is 11.9 Å². The van der Waals surface area contributed by atoms with Crippen LogP contribution in [0.3, 0.4) is 0 Å². The largest absolute Gasteiger partial charge is 0.344 e. The fourth-order valence-corrected chi connectivity index (χ4v) is 2.50. The lowest BCUT2D eigenvalue weighted by Crippen LogP contribution is -2.29. The van der Waals surface area contributed by atoms with Crippen LogP contribution in [0.15, 0.2) is 48.5 Å². The van der Waals surface area contributed by atoms with Gasteiger partial charge < -0.3 is 5.32 Å². The molecule has 0 bridgehead atoms. The monoisotopic (exact) mass is 287 g/mol. The highest BCUT2D eigenvalue weighted by Gasteiger charge is 2.15. The molecule has 0 aliphatic rings. The third kappa shape index (κ3) is 3.61. The molecule has 20 heavy (non-hydrogen) atoms. The molecule has 2 aromatic carbocycles. The van der Waals surface area contributed by atoms with E-state index in [1.54, 1.807) is 0 Å². The minimum absolute atomic E-state index is 0.0914. The molecule has 0 fully saturated rings. The summed E-state index contributed by atoms with van der Waals surface area (Å²) in [6.07, 6.45) is 0. The molecule has 0 saturated heterocycles. The first-order valence-electron chi connectivity index (χ1n) is 6.60. The van der Waals surface area contributed by atoms with Crippen LogP contribution in [-0.4, -0.2) is 11.8 Å². The van der Waals surface area contributed by atoms with Crippen molar-refractivity contribution >= 4 is 17.5 Å².